The minimum absolute atomic E-state index is 0.0542. The number of carbonyl (C=O) groups excluding carboxylic acids is 1. The molecule has 90 valence electrons. The number of hydrogen-bond acceptors (Lipinski definition) is 3. The van der Waals surface area contributed by atoms with Crippen LogP contribution in [0.3, 0.4) is 0 Å². The number of ketones is 1. The summed E-state index contributed by atoms with van der Waals surface area (Å²) in [5, 5.41) is 9.16. The molecular formula is C15H14N2O. The maximum atomic E-state index is 11.9. The Balaban J connectivity index is 1.87. The average molecular weight is 238 g/mol. The van der Waals surface area contributed by atoms with Crippen molar-refractivity contribution in [2.24, 2.45) is 5.92 Å². The van der Waals surface area contributed by atoms with Gasteiger partial charge in [-0.3, -0.25) is 9.69 Å². The van der Waals surface area contributed by atoms with Crippen LogP contribution in [0.5, 0.6) is 0 Å². The fourth-order valence-corrected chi connectivity index (χ4v) is 2.92. The lowest BCUT2D eigenvalue weighted by Crippen LogP contribution is -2.42. The van der Waals surface area contributed by atoms with E-state index in [2.05, 4.69) is 23.1 Å². The third-order valence-electron chi connectivity index (χ3n) is 3.83. The van der Waals surface area contributed by atoms with Crippen LogP contribution in [0.15, 0.2) is 42.5 Å². The van der Waals surface area contributed by atoms with Crippen LogP contribution in [-0.2, 0) is 11.3 Å². The molecule has 1 aromatic carbocycles. The van der Waals surface area contributed by atoms with E-state index >= 15 is 0 Å². The number of nitriles is 1. The largest absolute Gasteiger partial charge is 0.293 e. The predicted octanol–water partition coefficient (Wildman–Crippen LogP) is 1.91. The molecule has 0 aliphatic carbocycles. The molecule has 3 atom stereocenters. The Labute approximate surface area is 106 Å². The second-order valence-electron chi connectivity index (χ2n) is 4.90. The van der Waals surface area contributed by atoms with Crippen molar-refractivity contribution in [3.63, 3.8) is 0 Å². The fourth-order valence-electron chi connectivity index (χ4n) is 2.92. The fraction of sp³-hybridized carbons (Fsp3) is 0.333. The molecule has 2 aliphatic rings. The number of benzene rings is 1. The van der Waals surface area contributed by atoms with Crippen LogP contribution >= 0.6 is 0 Å². The van der Waals surface area contributed by atoms with E-state index in [4.69, 9.17) is 5.26 Å². The molecule has 0 amide bonds. The smallest absolute Gasteiger partial charge is 0.172 e. The Hall–Kier alpha value is -1.92. The van der Waals surface area contributed by atoms with Gasteiger partial charge in [0.2, 0.25) is 0 Å². The van der Waals surface area contributed by atoms with Gasteiger partial charge >= 0.3 is 0 Å². The zero-order valence-electron chi connectivity index (χ0n) is 9.99. The van der Waals surface area contributed by atoms with Gasteiger partial charge in [0.25, 0.3) is 0 Å². The van der Waals surface area contributed by atoms with E-state index in [9.17, 15) is 4.79 Å². The third kappa shape index (κ3) is 1.75. The maximum Gasteiger partial charge on any atom is 0.172 e. The number of fused-ring (bicyclic) bond motifs is 2. The highest BCUT2D eigenvalue weighted by Crippen LogP contribution is 2.35. The second-order valence-corrected chi connectivity index (χ2v) is 4.90. The first-order valence-electron chi connectivity index (χ1n) is 6.21. The number of nitrogens with zero attached hydrogens (tertiary/aromatic N) is 2. The highest BCUT2D eigenvalue weighted by atomic mass is 16.1. The first-order valence-corrected chi connectivity index (χ1v) is 6.21. The number of rotatable bonds is 2. The van der Waals surface area contributed by atoms with E-state index in [-0.39, 0.29) is 23.8 Å². The van der Waals surface area contributed by atoms with Gasteiger partial charge in [0, 0.05) is 12.6 Å². The van der Waals surface area contributed by atoms with Gasteiger partial charge in [-0.05, 0) is 18.1 Å². The molecule has 0 spiro atoms. The first kappa shape index (κ1) is 11.2. The van der Waals surface area contributed by atoms with Gasteiger partial charge in [0.05, 0.1) is 18.0 Å². The maximum absolute atomic E-state index is 11.9. The van der Waals surface area contributed by atoms with E-state index in [1.54, 1.807) is 6.08 Å². The second kappa shape index (κ2) is 4.40. The summed E-state index contributed by atoms with van der Waals surface area (Å²) in [6.07, 6.45) is 4.21. The zero-order valence-corrected chi connectivity index (χ0v) is 9.99. The summed E-state index contributed by atoms with van der Waals surface area (Å²) in [6.45, 7) is 0.741. The van der Waals surface area contributed by atoms with Crippen LogP contribution in [-0.4, -0.2) is 22.8 Å². The van der Waals surface area contributed by atoms with Crippen molar-refractivity contribution >= 4 is 5.78 Å². The van der Waals surface area contributed by atoms with Crippen molar-refractivity contribution in [2.75, 3.05) is 0 Å². The lowest BCUT2D eigenvalue weighted by molar-refractivity contribution is -0.119. The molecule has 2 heterocycles. The highest BCUT2D eigenvalue weighted by molar-refractivity contribution is 5.96. The zero-order chi connectivity index (χ0) is 12.5. The molecule has 0 radical (unpaired) electrons. The van der Waals surface area contributed by atoms with Crippen LogP contribution in [0, 0.1) is 17.2 Å². The lowest BCUT2D eigenvalue weighted by atomic mass is 10.0. The average Bonchev–Trinajstić information content (AvgIpc) is 2.65. The molecule has 3 heteroatoms. The van der Waals surface area contributed by atoms with Gasteiger partial charge in [0.1, 0.15) is 0 Å². The molecule has 1 fully saturated rings. The summed E-state index contributed by atoms with van der Waals surface area (Å²) in [5.41, 5.74) is 1.19. The summed E-state index contributed by atoms with van der Waals surface area (Å²) < 4.78 is 0. The van der Waals surface area contributed by atoms with E-state index in [1.165, 1.54) is 5.56 Å². The minimum atomic E-state index is -0.107. The Morgan fingerprint density at radius 3 is 2.83 bits per heavy atom. The Morgan fingerprint density at radius 1 is 1.33 bits per heavy atom. The Kier molecular flexibility index (Phi) is 2.73. The van der Waals surface area contributed by atoms with Crippen molar-refractivity contribution in [1.82, 2.24) is 4.90 Å². The van der Waals surface area contributed by atoms with Crippen LogP contribution in [0.2, 0.25) is 0 Å². The van der Waals surface area contributed by atoms with Crippen molar-refractivity contribution < 1.29 is 4.79 Å². The molecule has 2 bridgehead atoms. The quantitative estimate of drug-likeness (QED) is 0.790. The van der Waals surface area contributed by atoms with Crippen molar-refractivity contribution in [2.45, 2.75) is 25.0 Å². The lowest BCUT2D eigenvalue weighted by Gasteiger charge is -2.30. The minimum Gasteiger partial charge on any atom is -0.293 e. The normalized spacial score (nSPS) is 30.4. The number of carbonyl (C=O) groups is 1. The van der Waals surface area contributed by atoms with Crippen LogP contribution in [0.4, 0.5) is 0 Å². The molecule has 3 rings (SSSR count). The van der Waals surface area contributed by atoms with Gasteiger partial charge in [-0.1, -0.05) is 36.4 Å². The molecule has 0 N–H and O–H groups in total. The molecule has 2 aliphatic heterocycles. The molecule has 0 saturated carbocycles. The Morgan fingerprint density at radius 2 is 2.11 bits per heavy atom. The SMILES string of the molecule is N#C[C@H]1C[C@@H]2C(=O)C=C[C@H]1N2Cc1ccccc1. The predicted molar refractivity (Wildman–Crippen MR) is 67.4 cm³/mol. The summed E-state index contributed by atoms with van der Waals surface area (Å²) in [6, 6.07) is 12.4. The monoisotopic (exact) mass is 238 g/mol. The molecule has 3 nitrogen and oxygen atoms in total. The first-order chi connectivity index (χ1) is 8.79. The van der Waals surface area contributed by atoms with E-state index < -0.39 is 0 Å². The van der Waals surface area contributed by atoms with Crippen LogP contribution < -0.4 is 0 Å². The van der Waals surface area contributed by atoms with Gasteiger partial charge in [-0.15, -0.1) is 0 Å². The molecule has 18 heavy (non-hydrogen) atoms. The molecule has 1 aromatic rings. The third-order valence-corrected chi connectivity index (χ3v) is 3.83. The van der Waals surface area contributed by atoms with Crippen LogP contribution in [0.1, 0.15) is 12.0 Å². The summed E-state index contributed by atoms with van der Waals surface area (Å²) >= 11 is 0. The van der Waals surface area contributed by atoms with E-state index in [1.807, 2.05) is 24.3 Å². The summed E-state index contributed by atoms with van der Waals surface area (Å²) in [5.74, 6) is 0.0846. The van der Waals surface area contributed by atoms with Crippen LogP contribution in [0.25, 0.3) is 0 Å². The topological polar surface area (TPSA) is 44.1 Å². The van der Waals surface area contributed by atoms with Gasteiger partial charge in [-0.2, -0.15) is 5.26 Å². The molecule has 0 aromatic heterocycles. The van der Waals surface area contributed by atoms with Gasteiger partial charge in [-0.25, -0.2) is 0 Å². The van der Waals surface area contributed by atoms with Gasteiger partial charge < -0.3 is 0 Å². The van der Waals surface area contributed by atoms with Crippen molar-refractivity contribution in [3.8, 4) is 6.07 Å². The number of hydrogen-bond donors (Lipinski definition) is 0. The molecule has 1 saturated heterocycles. The van der Waals surface area contributed by atoms with Crippen molar-refractivity contribution in [1.29, 1.82) is 5.26 Å². The van der Waals surface area contributed by atoms with Crippen molar-refractivity contribution in [3.05, 3.63) is 48.0 Å². The summed E-state index contributed by atoms with van der Waals surface area (Å²) in [7, 11) is 0. The molecular weight excluding hydrogens is 224 g/mol. The standard InChI is InChI=1S/C15H14N2O/c16-9-12-8-14-15(18)7-6-13(12)17(14)10-11-4-2-1-3-5-11/h1-7,12-14H,8,10H2/t12-,13-,14-/m1/s1. The Bertz CT molecular complexity index is 529. The van der Waals surface area contributed by atoms with E-state index in [0.29, 0.717) is 6.42 Å². The summed E-state index contributed by atoms with van der Waals surface area (Å²) in [4.78, 5) is 14.0. The van der Waals surface area contributed by atoms with Gasteiger partial charge in [0.15, 0.2) is 5.78 Å². The highest BCUT2D eigenvalue weighted by Gasteiger charge is 2.45. The van der Waals surface area contributed by atoms with E-state index in [0.717, 1.165) is 6.54 Å². The molecule has 0 unspecified atom stereocenters.